The first kappa shape index (κ1) is 18.4. The first-order chi connectivity index (χ1) is 11.3. The van der Waals surface area contributed by atoms with Gasteiger partial charge in [-0.2, -0.15) is 0 Å². The number of ether oxygens (including phenoxy) is 1. The highest BCUT2D eigenvalue weighted by molar-refractivity contribution is 6.35. The van der Waals surface area contributed by atoms with Crippen LogP contribution in [0.1, 0.15) is 17.3 Å². The van der Waals surface area contributed by atoms with Gasteiger partial charge in [-0.1, -0.05) is 34.8 Å². The van der Waals surface area contributed by atoms with Gasteiger partial charge < -0.3 is 20.0 Å². The fourth-order valence-electron chi connectivity index (χ4n) is 1.85. The number of nitrogens with one attached hydrogen (secondary N) is 1. The molecule has 1 amide bonds. The molecule has 1 atom stereocenters. The van der Waals surface area contributed by atoms with Crippen LogP contribution in [0.2, 0.25) is 15.1 Å². The van der Waals surface area contributed by atoms with Gasteiger partial charge in [0, 0.05) is 15.6 Å². The minimum absolute atomic E-state index is 0.0187. The van der Waals surface area contributed by atoms with Gasteiger partial charge in [0.15, 0.2) is 6.10 Å². The number of hydrogen-bond donors (Lipinski definition) is 1. The Balaban J connectivity index is 2.14. The molecule has 0 heterocycles. The standard InChI is InChI=1S/C16H12Cl3NO4/c1-8(24-14-5-3-9(17)6-12(14)19)15(21)20-13-7-10(18)2-4-11(13)16(22)23/h2-8H,1H3,(H,20,21)(H,22,23)/p-1/t8-/m1/s1. The van der Waals surface area contributed by atoms with E-state index in [1.165, 1.54) is 37.3 Å². The summed E-state index contributed by atoms with van der Waals surface area (Å²) in [5.41, 5.74) is -0.172. The summed E-state index contributed by atoms with van der Waals surface area (Å²) in [4.78, 5) is 23.3. The molecule has 2 aromatic carbocycles. The van der Waals surface area contributed by atoms with Gasteiger partial charge in [0.05, 0.1) is 16.7 Å². The quantitative estimate of drug-likeness (QED) is 0.852. The van der Waals surface area contributed by atoms with Gasteiger partial charge in [0.1, 0.15) is 5.75 Å². The van der Waals surface area contributed by atoms with E-state index in [1.54, 1.807) is 6.07 Å². The third-order valence-electron chi connectivity index (χ3n) is 3.03. The molecule has 0 aliphatic rings. The predicted octanol–water partition coefficient (Wildman–Crippen LogP) is 3.42. The molecule has 1 N–H and O–H groups in total. The number of aromatic carboxylic acids is 1. The topological polar surface area (TPSA) is 78.5 Å². The first-order valence-corrected chi connectivity index (χ1v) is 7.85. The van der Waals surface area contributed by atoms with Gasteiger partial charge in [-0.05, 0) is 43.3 Å². The van der Waals surface area contributed by atoms with E-state index < -0.39 is 18.0 Å². The average Bonchev–Trinajstić information content (AvgIpc) is 2.49. The molecule has 0 radical (unpaired) electrons. The lowest BCUT2D eigenvalue weighted by atomic mass is 10.1. The number of halogens is 3. The summed E-state index contributed by atoms with van der Waals surface area (Å²) >= 11 is 17.6. The van der Waals surface area contributed by atoms with Gasteiger partial charge >= 0.3 is 0 Å². The molecule has 126 valence electrons. The predicted molar refractivity (Wildman–Crippen MR) is 91.0 cm³/mol. The van der Waals surface area contributed by atoms with Crippen LogP contribution in [0, 0.1) is 0 Å². The summed E-state index contributed by atoms with van der Waals surface area (Å²) in [5.74, 6) is -1.74. The monoisotopic (exact) mass is 386 g/mol. The van der Waals surface area contributed by atoms with Crippen LogP contribution < -0.4 is 15.2 Å². The van der Waals surface area contributed by atoms with Gasteiger partial charge in [-0.15, -0.1) is 0 Å². The highest BCUT2D eigenvalue weighted by Crippen LogP contribution is 2.28. The molecule has 24 heavy (non-hydrogen) atoms. The highest BCUT2D eigenvalue weighted by atomic mass is 35.5. The van der Waals surface area contributed by atoms with E-state index in [1.807, 2.05) is 0 Å². The van der Waals surface area contributed by atoms with Crippen molar-refractivity contribution >= 4 is 52.4 Å². The molecule has 0 aromatic heterocycles. The zero-order valence-corrected chi connectivity index (χ0v) is 14.6. The Morgan fingerprint density at radius 1 is 1.08 bits per heavy atom. The average molecular weight is 388 g/mol. The molecule has 0 saturated carbocycles. The Bertz CT molecular complexity index is 795. The van der Waals surface area contributed by atoms with Gasteiger partial charge in [-0.25, -0.2) is 0 Å². The number of carbonyl (C=O) groups is 2. The summed E-state index contributed by atoms with van der Waals surface area (Å²) < 4.78 is 5.47. The summed E-state index contributed by atoms with van der Waals surface area (Å²) in [6.07, 6.45) is -0.947. The van der Waals surface area contributed by atoms with Crippen LogP contribution in [0.3, 0.4) is 0 Å². The van der Waals surface area contributed by atoms with E-state index in [2.05, 4.69) is 5.32 Å². The van der Waals surface area contributed by atoms with Crippen molar-refractivity contribution in [2.75, 3.05) is 5.32 Å². The maximum absolute atomic E-state index is 12.2. The van der Waals surface area contributed by atoms with E-state index in [0.29, 0.717) is 5.02 Å². The van der Waals surface area contributed by atoms with Crippen LogP contribution in [0.15, 0.2) is 36.4 Å². The zero-order valence-electron chi connectivity index (χ0n) is 12.3. The van der Waals surface area contributed by atoms with Gasteiger partial charge in [0.25, 0.3) is 5.91 Å². The number of hydrogen-bond acceptors (Lipinski definition) is 4. The SMILES string of the molecule is C[C@@H](Oc1ccc(Cl)cc1Cl)C(=O)Nc1cc(Cl)ccc1C(=O)[O-]. The summed E-state index contributed by atoms with van der Waals surface area (Å²) in [7, 11) is 0. The van der Waals surface area contributed by atoms with Crippen LogP contribution in [0.4, 0.5) is 5.69 Å². The number of carboxylic acids is 1. The Morgan fingerprint density at radius 2 is 1.71 bits per heavy atom. The molecule has 0 unspecified atom stereocenters. The van der Waals surface area contributed by atoms with Crippen molar-refractivity contribution < 1.29 is 19.4 Å². The second-order valence-corrected chi connectivity index (χ2v) is 6.08. The van der Waals surface area contributed by atoms with E-state index in [9.17, 15) is 14.7 Å². The van der Waals surface area contributed by atoms with Gasteiger partial charge in [0.2, 0.25) is 0 Å². The molecule has 2 rings (SSSR count). The van der Waals surface area contributed by atoms with Crippen molar-refractivity contribution in [1.82, 2.24) is 0 Å². The Kier molecular flexibility index (Phi) is 5.94. The molecule has 0 bridgehead atoms. The van der Waals surface area contributed by atoms with Crippen molar-refractivity contribution in [3.63, 3.8) is 0 Å². The van der Waals surface area contributed by atoms with E-state index >= 15 is 0 Å². The fraction of sp³-hybridized carbons (Fsp3) is 0.125. The summed E-state index contributed by atoms with van der Waals surface area (Å²) in [5, 5.41) is 14.5. The lowest BCUT2D eigenvalue weighted by Crippen LogP contribution is -2.32. The maximum atomic E-state index is 12.2. The Morgan fingerprint density at radius 3 is 2.33 bits per heavy atom. The molecule has 0 fully saturated rings. The molecular weight excluding hydrogens is 377 g/mol. The number of benzene rings is 2. The van der Waals surface area contributed by atoms with Crippen molar-refractivity contribution in [2.45, 2.75) is 13.0 Å². The highest BCUT2D eigenvalue weighted by Gasteiger charge is 2.18. The fourth-order valence-corrected chi connectivity index (χ4v) is 2.47. The number of anilines is 1. The smallest absolute Gasteiger partial charge is 0.265 e. The molecular formula is C16H11Cl3NO4-. The number of carbonyl (C=O) groups excluding carboxylic acids is 2. The maximum Gasteiger partial charge on any atom is 0.265 e. The van der Waals surface area contributed by atoms with Crippen molar-refractivity contribution in [3.05, 3.63) is 57.0 Å². The molecule has 5 nitrogen and oxygen atoms in total. The third kappa shape index (κ3) is 4.54. The van der Waals surface area contributed by atoms with Crippen molar-refractivity contribution in [1.29, 1.82) is 0 Å². The Labute approximate surface area is 153 Å². The summed E-state index contributed by atoms with van der Waals surface area (Å²) in [6, 6.07) is 8.52. The lowest BCUT2D eigenvalue weighted by Gasteiger charge is -2.17. The van der Waals surface area contributed by atoms with Gasteiger partial charge in [-0.3, -0.25) is 4.79 Å². The summed E-state index contributed by atoms with van der Waals surface area (Å²) in [6.45, 7) is 1.49. The molecule has 0 spiro atoms. The van der Waals surface area contributed by atoms with Crippen molar-refractivity contribution in [3.8, 4) is 5.75 Å². The Hall–Kier alpha value is -1.95. The van der Waals surface area contributed by atoms with Crippen LogP contribution in [0.5, 0.6) is 5.75 Å². The van der Waals surface area contributed by atoms with E-state index in [-0.39, 0.29) is 27.0 Å². The molecule has 2 aromatic rings. The second-order valence-electron chi connectivity index (χ2n) is 4.80. The first-order valence-electron chi connectivity index (χ1n) is 6.71. The number of carboxylic acid groups (broad SMARTS) is 1. The molecule has 0 aliphatic heterocycles. The van der Waals surface area contributed by atoms with E-state index in [4.69, 9.17) is 39.5 Å². The minimum Gasteiger partial charge on any atom is -0.545 e. The van der Waals surface area contributed by atoms with Crippen molar-refractivity contribution in [2.24, 2.45) is 0 Å². The minimum atomic E-state index is -1.43. The molecule has 8 heteroatoms. The van der Waals surface area contributed by atoms with Crippen LogP contribution in [-0.2, 0) is 4.79 Å². The zero-order chi connectivity index (χ0) is 17.9. The third-order valence-corrected chi connectivity index (χ3v) is 3.79. The largest absolute Gasteiger partial charge is 0.545 e. The molecule has 0 saturated heterocycles. The molecule has 0 aliphatic carbocycles. The normalized spacial score (nSPS) is 11.7. The van der Waals surface area contributed by atoms with Crippen LogP contribution in [0.25, 0.3) is 0 Å². The van der Waals surface area contributed by atoms with E-state index in [0.717, 1.165) is 0 Å². The lowest BCUT2D eigenvalue weighted by molar-refractivity contribution is -0.254. The number of rotatable bonds is 5. The van der Waals surface area contributed by atoms with Crippen LogP contribution >= 0.6 is 34.8 Å². The second kappa shape index (κ2) is 7.75. The van der Waals surface area contributed by atoms with Crippen LogP contribution in [-0.4, -0.2) is 18.0 Å². The number of amides is 1.